The van der Waals surface area contributed by atoms with E-state index in [1.54, 1.807) is 0 Å². The molecule has 1 amide bonds. The SMILES string of the molecule is O=C(c1nn[nH]n1)N1CCCC2CCCCC21. The third kappa shape index (κ3) is 1.92. The molecule has 0 bridgehead atoms. The van der Waals surface area contributed by atoms with E-state index in [0.717, 1.165) is 19.4 Å². The number of hydrogen-bond acceptors (Lipinski definition) is 4. The van der Waals surface area contributed by atoms with Gasteiger partial charge in [-0.2, -0.15) is 5.21 Å². The minimum Gasteiger partial charge on any atom is -0.333 e. The number of H-pyrrole nitrogens is 1. The van der Waals surface area contributed by atoms with Crippen molar-refractivity contribution in [2.75, 3.05) is 6.54 Å². The number of aromatic amines is 1. The van der Waals surface area contributed by atoms with Gasteiger partial charge in [0, 0.05) is 12.6 Å². The molecule has 1 N–H and O–H groups in total. The largest absolute Gasteiger partial charge is 0.333 e. The number of nitrogens with zero attached hydrogens (tertiary/aromatic N) is 4. The topological polar surface area (TPSA) is 74.8 Å². The highest BCUT2D eigenvalue weighted by molar-refractivity contribution is 5.90. The molecule has 6 nitrogen and oxygen atoms in total. The van der Waals surface area contributed by atoms with Crippen LogP contribution in [0.1, 0.15) is 49.1 Å². The molecule has 1 aromatic rings. The summed E-state index contributed by atoms with van der Waals surface area (Å²) >= 11 is 0. The van der Waals surface area contributed by atoms with Crippen LogP contribution in [-0.2, 0) is 0 Å². The summed E-state index contributed by atoms with van der Waals surface area (Å²) in [6.45, 7) is 0.842. The van der Waals surface area contributed by atoms with Gasteiger partial charge >= 0.3 is 0 Å². The van der Waals surface area contributed by atoms with Crippen molar-refractivity contribution in [3.63, 3.8) is 0 Å². The number of hydrogen-bond donors (Lipinski definition) is 1. The summed E-state index contributed by atoms with van der Waals surface area (Å²) in [5.74, 6) is 0.833. The van der Waals surface area contributed by atoms with E-state index in [1.807, 2.05) is 4.90 Å². The maximum absolute atomic E-state index is 12.3. The lowest BCUT2D eigenvalue weighted by atomic mass is 9.78. The van der Waals surface area contributed by atoms with Crippen LogP contribution in [-0.4, -0.2) is 44.0 Å². The number of carbonyl (C=O) groups is 1. The molecule has 2 aliphatic rings. The number of piperidine rings is 1. The van der Waals surface area contributed by atoms with E-state index in [0.29, 0.717) is 12.0 Å². The van der Waals surface area contributed by atoms with Gasteiger partial charge in [0.1, 0.15) is 0 Å². The highest BCUT2D eigenvalue weighted by Crippen LogP contribution is 2.35. The average Bonchev–Trinajstić information content (AvgIpc) is 2.91. The zero-order valence-corrected chi connectivity index (χ0v) is 9.80. The van der Waals surface area contributed by atoms with Crippen LogP contribution in [0.3, 0.4) is 0 Å². The van der Waals surface area contributed by atoms with Gasteiger partial charge in [-0.05, 0) is 36.8 Å². The Labute approximate surface area is 99.8 Å². The second kappa shape index (κ2) is 4.43. The predicted octanol–water partition coefficient (Wildman–Crippen LogP) is 0.994. The highest BCUT2D eigenvalue weighted by atomic mass is 16.2. The number of carbonyl (C=O) groups excluding carboxylic acids is 1. The van der Waals surface area contributed by atoms with Crippen molar-refractivity contribution >= 4 is 5.91 Å². The molecule has 92 valence electrons. The molecule has 0 aromatic carbocycles. The third-order valence-corrected chi connectivity index (χ3v) is 4.04. The van der Waals surface area contributed by atoms with Crippen LogP contribution in [0, 0.1) is 5.92 Å². The number of likely N-dealkylation sites (tertiary alicyclic amines) is 1. The Morgan fingerprint density at radius 3 is 2.88 bits per heavy atom. The Bertz CT molecular complexity index is 389. The molecule has 2 atom stereocenters. The van der Waals surface area contributed by atoms with E-state index in [2.05, 4.69) is 20.6 Å². The molecule has 1 aliphatic heterocycles. The average molecular weight is 235 g/mol. The standard InChI is InChI=1S/C11H17N5O/c17-11(10-12-14-15-13-10)16-7-3-5-8-4-1-2-6-9(8)16/h8-9H,1-7H2,(H,12,13,14,15). The lowest BCUT2D eigenvalue weighted by Gasteiger charge is -2.43. The number of amides is 1. The highest BCUT2D eigenvalue weighted by Gasteiger charge is 2.37. The minimum atomic E-state index is -0.0599. The Morgan fingerprint density at radius 2 is 2.06 bits per heavy atom. The van der Waals surface area contributed by atoms with Crippen molar-refractivity contribution in [3.8, 4) is 0 Å². The van der Waals surface area contributed by atoms with Crippen molar-refractivity contribution < 1.29 is 4.79 Å². The van der Waals surface area contributed by atoms with Crippen LogP contribution in [0.25, 0.3) is 0 Å². The number of tetrazole rings is 1. The molecule has 17 heavy (non-hydrogen) atoms. The van der Waals surface area contributed by atoms with Gasteiger partial charge in [-0.15, -0.1) is 10.2 Å². The van der Waals surface area contributed by atoms with E-state index < -0.39 is 0 Å². The van der Waals surface area contributed by atoms with Crippen LogP contribution in [0.4, 0.5) is 0 Å². The van der Waals surface area contributed by atoms with Gasteiger partial charge in [-0.3, -0.25) is 4.79 Å². The molecule has 1 saturated carbocycles. The number of nitrogens with one attached hydrogen (secondary N) is 1. The summed E-state index contributed by atoms with van der Waals surface area (Å²) in [6, 6.07) is 0.406. The first-order valence-electron chi connectivity index (χ1n) is 6.40. The van der Waals surface area contributed by atoms with Gasteiger partial charge in [-0.1, -0.05) is 12.8 Å². The summed E-state index contributed by atoms with van der Waals surface area (Å²) in [5, 5.41) is 13.4. The molecule has 2 unspecified atom stereocenters. The summed E-state index contributed by atoms with van der Waals surface area (Å²) in [7, 11) is 0. The lowest BCUT2D eigenvalue weighted by molar-refractivity contribution is 0.0379. The summed E-state index contributed by atoms with van der Waals surface area (Å²) in [5.41, 5.74) is 0. The van der Waals surface area contributed by atoms with Gasteiger partial charge in [0.25, 0.3) is 11.7 Å². The molecular weight excluding hydrogens is 218 g/mol. The van der Waals surface area contributed by atoms with Crippen molar-refractivity contribution in [2.45, 2.75) is 44.6 Å². The normalized spacial score (nSPS) is 28.8. The second-order valence-electron chi connectivity index (χ2n) is 4.99. The van der Waals surface area contributed by atoms with Gasteiger partial charge in [0.2, 0.25) is 0 Å². The Morgan fingerprint density at radius 1 is 1.24 bits per heavy atom. The van der Waals surface area contributed by atoms with Crippen LogP contribution in [0.5, 0.6) is 0 Å². The molecule has 1 aromatic heterocycles. The quantitative estimate of drug-likeness (QED) is 0.787. The van der Waals surface area contributed by atoms with E-state index in [9.17, 15) is 4.79 Å². The van der Waals surface area contributed by atoms with Crippen LogP contribution < -0.4 is 0 Å². The van der Waals surface area contributed by atoms with Gasteiger partial charge < -0.3 is 4.90 Å². The maximum Gasteiger partial charge on any atom is 0.295 e. The smallest absolute Gasteiger partial charge is 0.295 e. The predicted molar refractivity (Wildman–Crippen MR) is 60.2 cm³/mol. The summed E-state index contributed by atoms with van der Waals surface area (Å²) < 4.78 is 0. The Balaban J connectivity index is 1.79. The van der Waals surface area contributed by atoms with Gasteiger partial charge in [0.05, 0.1) is 0 Å². The molecule has 1 saturated heterocycles. The monoisotopic (exact) mass is 235 g/mol. The lowest BCUT2D eigenvalue weighted by Crippen LogP contribution is -2.49. The molecule has 1 aliphatic carbocycles. The first kappa shape index (κ1) is 10.7. The number of rotatable bonds is 1. The van der Waals surface area contributed by atoms with E-state index in [4.69, 9.17) is 0 Å². The van der Waals surface area contributed by atoms with E-state index in [1.165, 1.54) is 25.7 Å². The second-order valence-corrected chi connectivity index (χ2v) is 4.99. The fraction of sp³-hybridized carbons (Fsp3) is 0.818. The zero-order valence-electron chi connectivity index (χ0n) is 9.80. The van der Waals surface area contributed by atoms with Crippen molar-refractivity contribution in [2.24, 2.45) is 5.92 Å². The van der Waals surface area contributed by atoms with E-state index >= 15 is 0 Å². The first-order valence-corrected chi connectivity index (χ1v) is 6.40. The Kier molecular flexibility index (Phi) is 2.78. The zero-order chi connectivity index (χ0) is 11.7. The number of aromatic nitrogens is 4. The minimum absolute atomic E-state index is 0.0599. The van der Waals surface area contributed by atoms with E-state index in [-0.39, 0.29) is 11.7 Å². The van der Waals surface area contributed by atoms with Crippen molar-refractivity contribution in [3.05, 3.63) is 5.82 Å². The van der Waals surface area contributed by atoms with Crippen molar-refractivity contribution in [1.29, 1.82) is 0 Å². The molecule has 3 rings (SSSR count). The molecule has 6 heteroatoms. The molecule has 2 fully saturated rings. The fourth-order valence-electron chi connectivity index (χ4n) is 3.26. The fourth-order valence-corrected chi connectivity index (χ4v) is 3.26. The van der Waals surface area contributed by atoms with Crippen LogP contribution in [0.2, 0.25) is 0 Å². The molecular formula is C11H17N5O. The molecule has 0 radical (unpaired) electrons. The molecule has 2 heterocycles. The van der Waals surface area contributed by atoms with Gasteiger partial charge in [0.15, 0.2) is 0 Å². The first-order chi connectivity index (χ1) is 8.36. The number of fused-ring (bicyclic) bond motifs is 1. The maximum atomic E-state index is 12.3. The van der Waals surface area contributed by atoms with Crippen LogP contribution in [0.15, 0.2) is 0 Å². The van der Waals surface area contributed by atoms with Crippen molar-refractivity contribution in [1.82, 2.24) is 25.5 Å². The Hall–Kier alpha value is -1.46. The molecule has 0 spiro atoms. The summed E-state index contributed by atoms with van der Waals surface area (Å²) in [6.07, 6.45) is 7.31. The van der Waals surface area contributed by atoms with Crippen LogP contribution >= 0.6 is 0 Å². The third-order valence-electron chi connectivity index (χ3n) is 4.04. The summed E-state index contributed by atoms with van der Waals surface area (Å²) in [4.78, 5) is 14.2. The van der Waals surface area contributed by atoms with Gasteiger partial charge in [-0.25, -0.2) is 0 Å².